The van der Waals surface area contributed by atoms with Crippen molar-refractivity contribution in [2.75, 3.05) is 0 Å². The number of Topliss-reactive ketones (excluding diaryl/α,β-unsaturated/α-hetero) is 1. The molecule has 0 aromatic heterocycles. The maximum Gasteiger partial charge on any atom is 0.311 e. The number of hydrogen-bond acceptors (Lipinski definition) is 4. The summed E-state index contributed by atoms with van der Waals surface area (Å²) >= 11 is 0. The Kier molecular flexibility index (Phi) is 11.5. The van der Waals surface area contributed by atoms with Crippen molar-refractivity contribution >= 4 is 17.7 Å². The summed E-state index contributed by atoms with van der Waals surface area (Å²) in [5, 5.41) is 28.2. The fraction of sp³-hybridized carbons (Fsp3) is 0.406. The minimum Gasteiger partial charge on any atom is -0.481 e. The van der Waals surface area contributed by atoms with Gasteiger partial charge < -0.3 is 15.3 Å². The molecule has 3 unspecified atom stereocenters. The lowest BCUT2D eigenvalue weighted by molar-refractivity contribution is -0.141. The first kappa shape index (κ1) is 29.1. The Hall–Kier alpha value is -3.51. The number of carbonyl (C=O) groups is 3. The normalized spacial score (nSPS) is 19.1. The third-order valence-electron chi connectivity index (χ3n) is 7.23. The Morgan fingerprint density at radius 1 is 0.737 bits per heavy atom. The van der Waals surface area contributed by atoms with Gasteiger partial charge in [-0.1, -0.05) is 72.8 Å². The smallest absolute Gasteiger partial charge is 0.311 e. The van der Waals surface area contributed by atoms with Gasteiger partial charge >= 0.3 is 11.9 Å². The molecular weight excluding hydrogens is 480 g/mol. The third kappa shape index (κ3) is 8.80. The molecule has 0 bridgehead atoms. The maximum absolute atomic E-state index is 12.0. The Balaban J connectivity index is 0.000000211. The molecule has 4 rings (SSSR count). The topological polar surface area (TPSA) is 112 Å². The van der Waals surface area contributed by atoms with E-state index in [9.17, 15) is 19.5 Å². The van der Waals surface area contributed by atoms with Crippen molar-refractivity contribution in [1.29, 1.82) is 0 Å². The molecule has 2 aliphatic carbocycles. The van der Waals surface area contributed by atoms with Gasteiger partial charge in [-0.2, -0.15) is 0 Å². The summed E-state index contributed by atoms with van der Waals surface area (Å²) in [6, 6.07) is 20.2. The quantitative estimate of drug-likeness (QED) is 0.307. The minimum atomic E-state index is -0.875. The molecule has 0 radical (unpaired) electrons. The van der Waals surface area contributed by atoms with Gasteiger partial charge in [-0.15, -0.1) is 0 Å². The lowest BCUT2D eigenvalue weighted by Gasteiger charge is -2.16. The Morgan fingerprint density at radius 3 is 1.84 bits per heavy atom. The standard InChI is InChI=1S/C16H20O3.C16H18O3/c2*17-15(13-9-5-10-14(13)16(18)19)11-4-8-12-6-2-1-3-7-12/h1-3,6-7,9,14-15,17H,4-5,8,10-11H2,(H,18,19);1-3,6-7,9,14H,4-5,8,10-11H2,(H,18,19). The monoisotopic (exact) mass is 518 g/mol. The predicted molar refractivity (Wildman–Crippen MR) is 147 cm³/mol. The molecule has 2 aromatic rings. The molecule has 6 heteroatoms. The molecule has 3 atom stereocenters. The van der Waals surface area contributed by atoms with E-state index in [1.54, 1.807) is 6.08 Å². The lowest BCUT2D eigenvalue weighted by Crippen LogP contribution is -2.21. The van der Waals surface area contributed by atoms with Gasteiger partial charge in [0.25, 0.3) is 0 Å². The average molecular weight is 519 g/mol. The molecule has 0 heterocycles. The van der Waals surface area contributed by atoms with E-state index in [2.05, 4.69) is 12.1 Å². The highest BCUT2D eigenvalue weighted by Crippen LogP contribution is 2.30. The summed E-state index contributed by atoms with van der Waals surface area (Å²) in [6.45, 7) is 0. The first-order valence-electron chi connectivity index (χ1n) is 13.5. The van der Waals surface area contributed by atoms with Crippen LogP contribution in [0.5, 0.6) is 0 Å². The third-order valence-corrected chi connectivity index (χ3v) is 7.23. The lowest BCUT2D eigenvalue weighted by atomic mass is 9.93. The number of hydrogen-bond donors (Lipinski definition) is 3. The fourth-order valence-electron chi connectivity index (χ4n) is 5.18. The molecule has 6 nitrogen and oxygen atoms in total. The van der Waals surface area contributed by atoms with Crippen LogP contribution in [0.25, 0.3) is 0 Å². The summed E-state index contributed by atoms with van der Waals surface area (Å²) in [6.07, 6.45) is 10.2. The molecule has 202 valence electrons. The van der Waals surface area contributed by atoms with Crippen LogP contribution in [0.3, 0.4) is 0 Å². The Bertz CT molecular complexity index is 1120. The van der Waals surface area contributed by atoms with Crippen LogP contribution in [-0.4, -0.2) is 39.1 Å². The van der Waals surface area contributed by atoms with Crippen molar-refractivity contribution in [1.82, 2.24) is 0 Å². The zero-order valence-electron chi connectivity index (χ0n) is 21.8. The molecular formula is C32H38O6. The maximum atomic E-state index is 12.0. The van der Waals surface area contributed by atoms with E-state index in [4.69, 9.17) is 10.2 Å². The molecule has 0 saturated heterocycles. The Labute approximate surface area is 224 Å². The van der Waals surface area contributed by atoms with Gasteiger partial charge in [0.2, 0.25) is 0 Å². The van der Waals surface area contributed by atoms with Crippen LogP contribution in [0, 0.1) is 11.8 Å². The summed E-state index contributed by atoms with van der Waals surface area (Å²) in [7, 11) is 0. The van der Waals surface area contributed by atoms with Crippen molar-refractivity contribution < 1.29 is 29.7 Å². The number of aliphatic hydroxyl groups excluding tert-OH is 1. The van der Waals surface area contributed by atoms with Crippen LogP contribution in [0.4, 0.5) is 0 Å². The van der Waals surface area contributed by atoms with Gasteiger partial charge in [-0.25, -0.2) is 0 Å². The number of ketones is 1. The van der Waals surface area contributed by atoms with Gasteiger partial charge in [0.15, 0.2) is 5.78 Å². The van der Waals surface area contributed by atoms with Crippen LogP contribution in [0.15, 0.2) is 84.0 Å². The molecule has 3 N–H and O–H groups in total. The number of aryl methyl sites for hydroxylation is 2. The SMILES string of the molecule is O=C(CCCc1ccccc1)C1=CCCC1C(=O)O.O=C(O)C1CCC=C1C(O)CCCc1ccccc1. The van der Waals surface area contributed by atoms with E-state index < -0.39 is 29.9 Å². The summed E-state index contributed by atoms with van der Waals surface area (Å²) in [4.78, 5) is 34.1. The Morgan fingerprint density at radius 2 is 1.26 bits per heavy atom. The zero-order valence-corrected chi connectivity index (χ0v) is 21.8. The van der Waals surface area contributed by atoms with E-state index in [0.717, 1.165) is 32.1 Å². The number of aliphatic hydroxyl groups is 1. The van der Waals surface area contributed by atoms with Crippen LogP contribution < -0.4 is 0 Å². The first-order valence-corrected chi connectivity index (χ1v) is 13.5. The molecule has 0 aliphatic heterocycles. The molecule has 2 aromatic carbocycles. The zero-order chi connectivity index (χ0) is 27.3. The van der Waals surface area contributed by atoms with Crippen LogP contribution in [-0.2, 0) is 27.2 Å². The van der Waals surface area contributed by atoms with E-state index in [-0.39, 0.29) is 5.78 Å². The van der Waals surface area contributed by atoms with Gasteiger partial charge in [0, 0.05) is 12.0 Å². The highest BCUT2D eigenvalue weighted by atomic mass is 16.4. The molecule has 0 amide bonds. The minimum absolute atomic E-state index is 0.000770. The summed E-state index contributed by atoms with van der Waals surface area (Å²) < 4.78 is 0. The molecule has 0 fully saturated rings. The van der Waals surface area contributed by atoms with Crippen LogP contribution in [0.1, 0.15) is 62.5 Å². The highest BCUT2D eigenvalue weighted by molar-refractivity contribution is 6.00. The predicted octanol–water partition coefficient (Wildman–Crippen LogP) is 5.79. The highest BCUT2D eigenvalue weighted by Gasteiger charge is 2.30. The van der Waals surface area contributed by atoms with Gasteiger partial charge in [-0.3, -0.25) is 14.4 Å². The summed E-state index contributed by atoms with van der Waals surface area (Å²) in [5.41, 5.74) is 3.69. The van der Waals surface area contributed by atoms with Crippen molar-refractivity contribution in [3.63, 3.8) is 0 Å². The van der Waals surface area contributed by atoms with Gasteiger partial charge in [-0.05, 0) is 74.5 Å². The summed E-state index contributed by atoms with van der Waals surface area (Å²) in [5.74, 6) is -2.75. The van der Waals surface area contributed by atoms with Crippen molar-refractivity contribution in [3.8, 4) is 0 Å². The number of rotatable bonds is 12. The van der Waals surface area contributed by atoms with E-state index in [1.807, 2.05) is 54.6 Å². The van der Waals surface area contributed by atoms with E-state index in [1.165, 1.54) is 11.1 Å². The second kappa shape index (κ2) is 15.0. The van der Waals surface area contributed by atoms with Gasteiger partial charge in [0.1, 0.15) is 0 Å². The van der Waals surface area contributed by atoms with Crippen molar-refractivity contribution in [3.05, 3.63) is 95.1 Å². The number of benzene rings is 2. The second-order valence-corrected chi connectivity index (χ2v) is 9.96. The van der Waals surface area contributed by atoms with E-state index >= 15 is 0 Å². The molecule has 2 aliphatic rings. The molecule has 0 saturated carbocycles. The first-order chi connectivity index (χ1) is 18.4. The van der Waals surface area contributed by atoms with Crippen molar-refractivity contribution in [2.24, 2.45) is 11.8 Å². The van der Waals surface area contributed by atoms with Gasteiger partial charge in [0.05, 0.1) is 17.9 Å². The van der Waals surface area contributed by atoms with E-state index in [0.29, 0.717) is 43.3 Å². The number of carboxylic acid groups (broad SMARTS) is 2. The fourth-order valence-corrected chi connectivity index (χ4v) is 5.18. The number of allylic oxidation sites excluding steroid dienone is 2. The number of carbonyl (C=O) groups excluding carboxylic acids is 1. The number of aliphatic carboxylic acids is 2. The van der Waals surface area contributed by atoms with Crippen LogP contribution in [0.2, 0.25) is 0 Å². The average Bonchev–Trinajstić information content (AvgIpc) is 3.61. The van der Waals surface area contributed by atoms with Crippen LogP contribution >= 0.6 is 0 Å². The van der Waals surface area contributed by atoms with Crippen molar-refractivity contribution in [2.45, 2.75) is 70.3 Å². The number of carboxylic acids is 2. The second-order valence-electron chi connectivity index (χ2n) is 9.96. The molecule has 0 spiro atoms. The molecule has 38 heavy (non-hydrogen) atoms. The largest absolute Gasteiger partial charge is 0.481 e.